The van der Waals surface area contributed by atoms with E-state index >= 15 is 0 Å². The molecule has 2 aromatic heterocycles. The number of nitrogens with one attached hydrogen (secondary N) is 1. The molecule has 2 atom stereocenters. The summed E-state index contributed by atoms with van der Waals surface area (Å²) in [7, 11) is 0. The molecule has 4 nitrogen and oxygen atoms in total. The summed E-state index contributed by atoms with van der Waals surface area (Å²) in [5.74, 6) is 4.00. The lowest BCUT2D eigenvalue weighted by Gasteiger charge is -2.15. The third-order valence-corrected chi connectivity index (χ3v) is 4.96. The van der Waals surface area contributed by atoms with Crippen LogP contribution in [0.15, 0.2) is 21.3 Å². The van der Waals surface area contributed by atoms with Crippen LogP contribution in [0.1, 0.15) is 18.7 Å². The van der Waals surface area contributed by atoms with Gasteiger partial charge in [0, 0.05) is 28.5 Å². The second kappa shape index (κ2) is 5.42. The van der Waals surface area contributed by atoms with Crippen molar-refractivity contribution in [3.63, 3.8) is 0 Å². The lowest BCUT2D eigenvalue weighted by atomic mass is 10.0. The number of aromatic nitrogens is 2. The molecule has 2 aromatic rings. The minimum atomic E-state index is 0.342. The molecular weight excluding hydrogens is 266 g/mol. The van der Waals surface area contributed by atoms with Crippen LogP contribution in [0, 0.1) is 0 Å². The minimum Gasteiger partial charge on any atom is -0.339 e. The first-order valence-electron chi connectivity index (χ1n) is 6.05. The third kappa shape index (κ3) is 2.32. The van der Waals surface area contributed by atoms with Crippen LogP contribution in [0.25, 0.3) is 11.4 Å². The fourth-order valence-electron chi connectivity index (χ4n) is 2.16. The molecule has 6 heteroatoms. The van der Waals surface area contributed by atoms with Gasteiger partial charge in [-0.1, -0.05) is 12.1 Å². The van der Waals surface area contributed by atoms with Crippen LogP contribution in [0.4, 0.5) is 0 Å². The highest BCUT2D eigenvalue weighted by Gasteiger charge is 2.32. The van der Waals surface area contributed by atoms with Crippen LogP contribution < -0.4 is 5.32 Å². The van der Waals surface area contributed by atoms with Gasteiger partial charge >= 0.3 is 0 Å². The van der Waals surface area contributed by atoms with Gasteiger partial charge in [0.1, 0.15) is 0 Å². The smallest absolute Gasteiger partial charge is 0.232 e. The van der Waals surface area contributed by atoms with Crippen molar-refractivity contribution in [2.24, 2.45) is 0 Å². The molecule has 1 fully saturated rings. The number of likely N-dealkylation sites (N-methyl/N-ethyl adjacent to an activating group) is 1. The first kappa shape index (κ1) is 12.2. The highest BCUT2D eigenvalue weighted by Crippen LogP contribution is 2.33. The molecule has 1 aliphatic heterocycles. The molecule has 1 saturated heterocycles. The molecule has 2 unspecified atom stereocenters. The van der Waals surface area contributed by atoms with Gasteiger partial charge in [-0.05, 0) is 18.0 Å². The van der Waals surface area contributed by atoms with E-state index in [2.05, 4.69) is 22.4 Å². The summed E-state index contributed by atoms with van der Waals surface area (Å²) in [4.78, 5) is 4.54. The van der Waals surface area contributed by atoms with Crippen LogP contribution in [0.3, 0.4) is 0 Å². The molecule has 0 radical (unpaired) electrons. The van der Waals surface area contributed by atoms with Gasteiger partial charge in [-0.3, -0.25) is 0 Å². The maximum absolute atomic E-state index is 5.44. The third-order valence-electron chi connectivity index (χ3n) is 3.09. The fourth-order valence-corrected chi connectivity index (χ4v) is 4.16. The Kier molecular flexibility index (Phi) is 3.67. The molecule has 0 amide bonds. The number of rotatable bonds is 4. The van der Waals surface area contributed by atoms with E-state index in [-0.39, 0.29) is 0 Å². The van der Waals surface area contributed by atoms with Crippen molar-refractivity contribution in [2.75, 3.05) is 18.1 Å². The predicted molar refractivity (Wildman–Crippen MR) is 75.1 cm³/mol. The lowest BCUT2D eigenvalue weighted by molar-refractivity contribution is 0.340. The van der Waals surface area contributed by atoms with Crippen molar-refractivity contribution in [1.29, 1.82) is 0 Å². The van der Waals surface area contributed by atoms with Crippen LogP contribution in [0.5, 0.6) is 0 Å². The molecular formula is C12H15N3OS2. The van der Waals surface area contributed by atoms with Crippen LogP contribution >= 0.6 is 23.1 Å². The van der Waals surface area contributed by atoms with Gasteiger partial charge < -0.3 is 9.84 Å². The van der Waals surface area contributed by atoms with Gasteiger partial charge in [0.2, 0.25) is 11.7 Å². The topological polar surface area (TPSA) is 51.0 Å². The standard InChI is InChI=1S/C12H15N3OS2/c1-2-13-10-7-18-6-9(10)12-14-11(15-16-12)8-3-4-17-5-8/h3-5,9-10,13H,2,6-7H2,1H3. The molecule has 0 saturated carbocycles. The van der Waals surface area contributed by atoms with Crippen molar-refractivity contribution < 1.29 is 4.52 Å². The molecule has 0 aromatic carbocycles. The van der Waals surface area contributed by atoms with Crippen molar-refractivity contribution >= 4 is 23.1 Å². The van der Waals surface area contributed by atoms with E-state index in [0.717, 1.165) is 29.5 Å². The molecule has 18 heavy (non-hydrogen) atoms. The van der Waals surface area contributed by atoms with E-state index in [1.807, 2.05) is 28.6 Å². The number of hydrogen-bond donors (Lipinski definition) is 1. The van der Waals surface area contributed by atoms with Crippen LogP contribution in [-0.4, -0.2) is 34.2 Å². The summed E-state index contributed by atoms with van der Waals surface area (Å²) in [5, 5.41) is 11.6. The number of hydrogen-bond acceptors (Lipinski definition) is 6. The average molecular weight is 281 g/mol. The maximum Gasteiger partial charge on any atom is 0.232 e. The largest absolute Gasteiger partial charge is 0.339 e. The van der Waals surface area contributed by atoms with E-state index in [9.17, 15) is 0 Å². The van der Waals surface area contributed by atoms with Crippen molar-refractivity contribution in [3.8, 4) is 11.4 Å². The predicted octanol–water partition coefficient (Wildman–Crippen LogP) is 2.61. The lowest BCUT2D eigenvalue weighted by Crippen LogP contribution is -2.34. The van der Waals surface area contributed by atoms with Crippen molar-refractivity contribution in [1.82, 2.24) is 15.5 Å². The van der Waals surface area contributed by atoms with E-state index < -0.39 is 0 Å². The van der Waals surface area contributed by atoms with E-state index in [1.54, 1.807) is 11.3 Å². The number of nitrogens with zero attached hydrogens (tertiary/aromatic N) is 2. The Morgan fingerprint density at radius 3 is 3.22 bits per heavy atom. The van der Waals surface area contributed by atoms with Crippen LogP contribution in [-0.2, 0) is 0 Å². The maximum atomic E-state index is 5.44. The molecule has 0 spiro atoms. The summed E-state index contributed by atoms with van der Waals surface area (Å²) in [6.45, 7) is 3.11. The van der Waals surface area contributed by atoms with Gasteiger partial charge in [0.05, 0.1) is 5.92 Å². The number of thioether (sulfide) groups is 1. The van der Waals surface area contributed by atoms with Gasteiger partial charge in [0.25, 0.3) is 0 Å². The first-order valence-corrected chi connectivity index (χ1v) is 8.15. The number of thiophene rings is 1. The Hall–Kier alpha value is -0.850. The molecule has 1 N–H and O–H groups in total. The Balaban J connectivity index is 1.80. The van der Waals surface area contributed by atoms with Crippen molar-refractivity contribution in [2.45, 2.75) is 18.9 Å². The summed E-state index contributed by atoms with van der Waals surface area (Å²) in [5.41, 5.74) is 1.04. The normalized spacial score (nSPS) is 23.6. The summed E-state index contributed by atoms with van der Waals surface area (Å²) >= 11 is 3.59. The van der Waals surface area contributed by atoms with E-state index in [0.29, 0.717) is 17.8 Å². The van der Waals surface area contributed by atoms with E-state index in [4.69, 9.17) is 4.52 Å². The summed E-state index contributed by atoms with van der Waals surface area (Å²) in [6.07, 6.45) is 0. The molecule has 1 aliphatic rings. The summed E-state index contributed by atoms with van der Waals surface area (Å²) in [6, 6.07) is 2.47. The Bertz CT molecular complexity index is 497. The molecule has 0 bridgehead atoms. The average Bonchev–Trinajstić information content (AvgIpc) is 3.10. The zero-order valence-corrected chi connectivity index (χ0v) is 11.8. The zero-order valence-electron chi connectivity index (χ0n) is 10.1. The minimum absolute atomic E-state index is 0.342. The second-order valence-electron chi connectivity index (χ2n) is 4.28. The van der Waals surface area contributed by atoms with Crippen molar-refractivity contribution in [3.05, 3.63) is 22.7 Å². The molecule has 0 aliphatic carbocycles. The highest BCUT2D eigenvalue weighted by atomic mass is 32.2. The van der Waals surface area contributed by atoms with Gasteiger partial charge in [-0.2, -0.15) is 28.1 Å². The fraction of sp³-hybridized carbons (Fsp3) is 0.500. The quantitative estimate of drug-likeness (QED) is 0.933. The highest BCUT2D eigenvalue weighted by molar-refractivity contribution is 7.99. The molecule has 96 valence electrons. The SMILES string of the molecule is CCNC1CSCC1c1nc(-c2ccsc2)no1. The first-order chi connectivity index (χ1) is 8.88. The summed E-state index contributed by atoms with van der Waals surface area (Å²) < 4.78 is 5.44. The molecule has 3 heterocycles. The second-order valence-corrected chi connectivity index (χ2v) is 6.13. The molecule has 3 rings (SSSR count). The van der Waals surface area contributed by atoms with Gasteiger partial charge in [0.15, 0.2) is 0 Å². The Morgan fingerprint density at radius 2 is 2.44 bits per heavy atom. The van der Waals surface area contributed by atoms with Crippen LogP contribution in [0.2, 0.25) is 0 Å². The zero-order chi connectivity index (χ0) is 12.4. The monoisotopic (exact) mass is 281 g/mol. The van der Waals surface area contributed by atoms with E-state index in [1.165, 1.54) is 0 Å². The van der Waals surface area contributed by atoms with Gasteiger partial charge in [-0.15, -0.1) is 0 Å². The van der Waals surface area contributed by atoms with Gasteiger partial charge in [-0.25, -0.2) is 0 Å². The Morgan fingerprint density at radius 1 is 1.50 bits per heavy atom. The Labute approximate surface area is 114 Å².